The maximum atomic E-state index is 14.3. The van der Waals surface area contributed by atoms with Crippen LogP contribution in [0.25, 0.3) is 0 Å². The summed E-state index contributed by atoms with van der Waals surface area (Å²) in [5.74, 6) is 0.135. The number of carbonyl (C=O) groups excluding carboxylic acids is 3. The molecule has 1 fully saturated rings. The highest BCUT2D eigenvalue weighted by Crippen LogP contribution is 2.36. The number of hydrogen-bond donors (Lipinski definition) is 2. The number of piperazine rings is 1. The van der Waals surface area contributed by atoms with Crippen molar-refractivity contribution in [3.8, 4) is 11.5 Å². The Labute approximate surface area is 260 Å². The SMILES string of the molecule is Cc1cc(Oc2ccccc2)ccc1N(C(=O)CCl)[C@H](C(=O)N1CCNC(C(=O)NCc2ccccc2)C1)c1cccs1. The van der Waals surface area contributed by atoms with Crippen LogP contribution in [-0.4, -0.2) is 54.2 Å². The van der Waals surface area contributed by atoms with Crippen molar-refractivity contribution in [1.29, 1.82) is 0 Å². The average Bonchev–Trinajstić information content (AvgIpc) is 3.58. The lowest BCUT2D eigenvalue weighted by Crippen LogP contribution is -2.60. The molecule has 0 saturated carbocycles. The predicted octanol–water partition coefficient (Wildman–Crippen LogP) is 5.28. The van der Waals surface area contributed by atoms with Crippen LogP contribution >= 0.6 is 22.9 Å². The van der Waals surface area contributed by atoms with Gasteiger partial charge in [-0.25, -0.2) is 0 Å². The van der Waals surface area contributed by atoms with Crippen molar-refractivity contribution < 1.29 is 19.1 Å². The Hall–Kier alpha value is -4.18. The number of benzene rings is 3. The molecule has 10 heteroatoms. The number of nitrogens with zero attached hydrogens (tertiary/aromatic N) is 2. The monoisotopic (exact) mass is 616 g/mol. The van der Waals surface area contributed by atoms with Gasteiger partial charge in [-0.1, -0.05) is 54.6 Å². The number of nitrogens with one attached hydrogen (secondary N) is 2. The molecule has 2 atom stereocenters. The van der Waals surface area contributed by atoms with Gasteiger partial charge in [-0.3, -0.25) is 19.3 Å². The van der Waals surface area contributed by atoms with Gasteiger partial charge >= 0.3 is 0 Å². The Morgan fingerprint density at radius 1 is 1.02 bits per heavy atom. The van der Waals surface area contributed by atoms with E-state index in [1.54, 1.807) is 17.0 Å². The molecule has 1 unspecified atom stereocenters. The molecular formula is C33H33ClN4O4S. The fraction of sp³-hybridized carbons (Fsp3) is 0.242. The van der Waals surface area contributed by atoms with Gasteiger partial charge in [-0.05, 0) is 59.8 Å². The van der Waals surface area contributed by atoms with E-state index >= 15 is 0 Å². The van der Waals surface area contributed by atoms with E-state index in [9.17, 15) is 14.4 Å². The average molecular weight is 617 g/mol. The number of thiophene rings is 1. The Kier molecular flexibility index (Phi) is 10.1. The number of hydrogen-bond acceptors (Lipinski definition) is 6. The maximum absolute atomic E-state index is 14.3. The third-order valence-corrected chi connectivity index (χ3v) is 8.36. The quantitative estimate of drug-likeness (QED) is 0.237. The van der Waals surface area contributed by atoms with Gasteiger partial charge in [0.1, 0.15) is 29.5 Å². The number of rotatable bonds is 10. The second-order valence-corrected chi connectivity index (χ2v) is 11.4. The number of ether oxygens (including phenoxy) is 1. The zero-order valence-corrected chi connectivity index (χ0v) is 25.3. The molecule has 1 aliphatic heterocycles. The minimum atomic E-state index is -0.947. The number of carbonyl (C=O) groups is 3. The van der Waals surface area contributed by atoms with Gasteiger partial charge < -0.3 is 20.3 Å². The molecule has 1 aromatic heterocycles. The molecule has 1 saturated heterocycles. The lowest BCUT2D eigenvalue weighted by Gasteiger charge is -2.38. The van der Waals surface area contributed by atoms with Crippen molar-refractivity contribution in [2.45, 2.75) is 25.6 Å². The van der Waals surface area contributed by atoms with Crippen LogP contribution < -0.4 is 20.3 Å². The molecule has 43 heavy (non-hydrogen) atoms. The van der Waals surface area contributed by atoms with Gasteiger partial charge in [0.25, 0.3) is 5.91 Å². The van der Waals surface area contributed by atoms with Gasteiger partial charge in [0.05, 0.1) is 0 Å². The van der Waals surface area contributed by atoms with Crippen molar-refractivity contribution in [3.05, 3.63) is 112 Å². The first-order valence-electron chi connectivity index (χ1n) is 14.0. The van der Waals surface area contributed by atoms with Gasteiger partial charge in [0, 0.05) is 36.7 Å². The number of aryl methyl sites for hydroxylation is 1. The van der Waals surface area contributed by atoms with Crippen LogP contribution in [0.4, 0.5) is 5.69 Å². The largest absolute Gasteiger partial charge is 0.457 e. The Morgan fingerprint density at radius 3 is 2.44 bits per heavy atom. The number of halogens is 1. The molecule has 1 aliphatic rings. The summed E-state index contributed by atoms with van der Waals surface area (Å²) in [6.07, 6.45) is 0. The van der Waals surface area contributed by atoms with E-state index in [2.05, 4.69) is 10.6 Å². The molecule has 3 aromatic carbocycles. The lowest BCUT2D eigenvalue weighted by atomic mass is 10.1. The minimum Gasteiger partial charge on any atom is -0.457 e. The van der Waals surface area contributed by atoms with Crippen molar-refractivity contribution in [2.75, 3.05) is 30.4 Å². The van der Waals surface area contributed by atoms with Gasteiger partial charge in [-0.2, -0.15) is 0 Å². The van der Waals surface area contributed by atoms with Crippen molar-refractivity contribution in [1.82, 2.24) is 15.5 Å². The Morgan fingerprint density at radius 2 is 1.77 bits per heavy atom. The molecule has 3 amide bonds. The second-order valence-electron chi connectivity index (χ2n) is 10.2. The van der Waals surface area contributed by atoms with Crippen LogP contribution in [0, 0.1) is 6.92 Å². The zero-order chi connectivity index (χ0) is 30.2. The third kappa shape index (κ3) is 7.43. The first-order valence-corrected chi connectivity index (χ1v) is 15.4. The van der Waals surface area contributed by atoms with E-state index in [1.807, 2.05) is 91.2 Å². The number of para-hydroxylation sites is 1. The van der Waals surface area contributed by atoms with E-state index in [1.165, 1.54) is 16.2 Å². The lowest BCUT2D eigenvalue weighted by molar-refractivity contribution is -0.137. The van der Waals surface area contributed by atoms with Crippen LogP contribution in [0.3, 0.4) is 0 Å². The summed E-state index contributed by atoms with van der Waals surface area (Å²) in [6, 6.07) is 26.6. The molecule has 0 radical (unpaired) electrons. The highest BCUT2D eigenvalue weighted by Gasteiger charge is 2.39. The molecule has 4 aromatic rings. The predicted molar refractivity (Wildman–Crippen MR) is 170 cm³/mol. The molecule has 0 aliphatic carbocycles. The first-order chi connectivity index (χ1) is 20.9. The Bertz CT molecular complexity index is 1540. The third-order valence-electron chi connectivity index (χ3n) is 7.21. The standard InChI is InChI=1S/C33H33ClN4O4S/c1-23-19-26(42-25-11-6-3-7-12-25)14-15-28(23)38(30(39)20-34)31(29-13-8-18-43-29)33(41)37-17-16-35-27(22-37)32(40)36-21-24-9-4-2-5-10-24/h2-15,18-19,27,31,35H,16-17,20-22H2,1H3,(H,36,40)/t27?,31-/m0/s1. The molecule has 0 spiro atoms. The summed E-state index contributed by atoms with van der Waals surface area (Å²) < 4.78 is 5.99. The number of amides is 3. The smallest absolute Gasteiger partial charge is 0.251 e. The molecule has 0 bridgehead atoms. The van der Waals surface area contributed by atoms with Crippen LogP contribution in [0.1, 0.15) is 22.0 Å². The van der Waals surface area contributed by atoms with E-state index < -0.39 is 18.0 Å². The summed E-state index contributed by atoms with van der Waals surface area (Å²) in [7, 11) is 0. The van der Waals surface area contributed by atoms with E-state index in [4.69, 9.17) is 16.3 Å². The maximum Gasteiger partial charge on any atom is 0.251 e. The van der Waals surface area contributed by atoms with Crippen LogP contribution in [0.2, 0.25) is 0 Å². The van der Waals surface area contributed by atoms with Crippen molar-refractivity contribution in [3.63, 3.8) is 0 Å². The number of anilines is 1. The van der Waals surface area contributed by atoms with E-state index in [-0.39, 0.29) is 24.2 Å². The highest BCUT2D eigenvalue weighted by molar-refractivity contribution is 7.10. The zero-order valence-electron chi connectivity index (χ0n) is 23.7. The normalized spacial score (nSPS) is 15.4. The summed E-state index contributed by atoms with van der Waals surface area (Å²) in [4.78, 5) is 44.7. The van der Waals surface area contributed by atoms with Gasteiger partial charge in [0.15, 0.2) is 0 Å². The number of alkyl halides is 1. The summed E-state index contributed by atoms with van der Waals surface area (Å²) >= 11 is 7.53. The second kappa shape index (κ2) is 14.3. The summed E-state index contributed by atoms with van der Waals surface area (Å²) in [5, 5.41) is 8.06. The summed E-state index contributed by atoms with van der Waals surface area (Å²) in [5.41, 5.74) is 2.30. The van der Waals surface area contributed by atoms with E-state index in [0.29, 0.717) is 41.7 Å². The fourth-order valence-electron chi connectivity index (χ4n) is 5.08. The van der Waals surface area contributed by atoms with Crippen LogP contribution in [0.5, 0.6) is 11.5 Å². The van der Waals surface area contributed by atoms with Gasteiger partial charge in [-0.15, -0.1) is 22.9 Å². The fourth-order valence-corrected chi connectivity index (χ4v) is 6.02. The van der Waals surface area contributed by atoms with Gasteiger partial charge in [0.2, 0.25) is 11.8 Å². The molecule has 2 N–H and O–H groups in total. The molecule has 8 nitrogen and oxygen atoms in total. The van der Waals surface area contributed by atoms with E-state index in [0.717, 1.165) is 11.1 Å². The van der Waals surface area contributed by atoms with Crippen LogP contribution in [-0.2, 0) is 20.9 Å². The van der Waals surface area contributed by atoms with Crippen molar-refractivity contribution >= 4 is 46.3 Å². The first kappa shape index (κ1) is 30.3. The minimum absolute atomic E-state index is 0.174. The van der Waals surface area contributed by atoms with Crippen LogP contribution in [0.15, 0.2) is 96.4 Å². The molecular weight excluding hydrogens is 584 g/mol. The molecule has 2 heterocycles. The Balaban J connectivity index is 1.39. The van der Waals surface area contributed by atoms with Crippen molar-refractivity contribution in [2.24, 2.45) is 0 Å². The topological polar surface area (TPSA) is 91.0 Å². The summed E-state index contributed by atoms with van der Waals surface area (Å²) in [6.45, 7) is 3.28. The highest BCUT2D eigenvalue weighted by atomic mass is 35.5. The molecule has 5 rings (SSSR count). The molecule has 222 valence electrons.